The number of carbonyl (C=O) groups excluding carboxylic acids is 1. The summed E-state index contributed by atoms with van der Waals surface area (Å²) in [5, 5.41) is 11.4. The Morgan fingerprint density at radius 2 is 2.16 bits per heavy atom. The second-order valence-electron chi connectivity index (χ2n) is 6.42. The van der Waals surface area contributed by atoms with Crippen LogP contribution in [0, 0.1) is 0 Å². The summed E-state index contributed by atoms with van der Waals surface area (Å²) in [5.74, 6) is 1.92. The first-order valence-corrected chi connectivity index (χ1v) is 9.11. The number of H-pyrrole nitrogens is 1. The first kappa shape index (κ1) is 17.6. The number of carbonyl (C=O) groups is 1. The molecule has 1 atom stereocenters. The second kappa shape index (κ2) is 8.24. The minimum atomic E-state index is -0.206. The fourth-order valence-electron chi connectivity index (χ4n) is 3.28. The van der Waals surface area contributed by atoms with Crippen LogP contribution in [0.25, 0.3) is 0 Å². The summed E-state index contributed by atoms with van der Waals surface area (Å²) in [7, 11) is 0. The molecule has 1 aliphatic rings. The molecule has 0 spiro atoms. The predicted molar refractivity (Wildman–Crippen MR) is 93.8 cm³/mol. The number of rotatable bonds is 6. The van der Waals surface area contributed by atoms with Crippen LogP contribution in [-0.2, 0) is 17.8 Å². The van der Waals surface area contributed by atoms with Gasteiger partial charge in [-0.25, -0.2) is 4.98 Å². The average Bonchev–Trinajstić information content (AvgIpc) is 3.24. The van der Waals surface area contributed by atoms with E-state index in [-0.39, 0.29) is 11.9 Å². The maximum Gasteiger partial charge on any atom is 0.247 e. The van der Waals surface area contributed by atoms with E-state index in [2.05, 4.69) is 25.2 Å². The van der Waals surface area contributed by atoms with Crippen LogP contribution in [0.2, 0.25) is 0 Å². The highest BCUT2D eigenvalue weighted by Gasteiger charge is 2.26. The normalized spacial score (nSPS) is 17.4. The molecule has 1 amide bonds. The van der Waals surface area contributed by atoms with Crippen molar-refractivity contribution in [2.45, 2.75) is 45.7 Å². The van der Waals surface area contributed by atoms with E-state index in [0.29, 0.717) is 0 Å². The van der Waals surface area contributed by atoms with E-state index in [9.17, 15) is 4.79 Å². The largest absolute Gasteiger partial charge is 0.340 e. The van der Waals surface area contributed by atoms with Crippen molar-refractivity contribution in [1.29, 1.82) is 0 Å². The van der Waals surface area contributed by atoms with Gasteiger partial charge in [0.2, 0.25) is 5.91 Å². The summed E-state index contributed by atoms with van der Waals surface area (Å²) in [6.07, 6.45) is 6.15. The Kier molecular flexibility index (Phi) is 5.80. The zero-order valence-electron chi connectivity index (χ0n) is 15.1. The van der Waals surface area contributed by atoms with Crippen LogP contribution in [0.15, 0.2) is 18.5 Å². The molecule has 3 rings (SSSR count). The van der Waals surface area contributed by atoms with E-state index in [4.69, 9.17) is 0 Å². The van der Waals surface area contributed by atoms with Crippen LogP contribution in [0.1, 0.15) is 44.4 Å². The van der Waals surface area contributed by atoms with Crippen molar-refractivity contribution in [3.05, 3.63) is 30.1 Å². The molecule has 3 heterocycles. The van der Waals surface area contributed by atoms with E-state index in [1.165, 1.54) is 0 Å². The van der Waals surface area contributed by atoms with Crippen molar-refractivity contribution >= 4 is 5.91 Å². The molecule has 1 aliphatic heterocycles. The van der Waals surface area contributed by atoms with Crippen molar-refractivity contribution < 1.29 is 4.79 Å². The van der Waals surface area contributed by atoms with Crippen LogP contribution in [-0.4, -0.2) is 66.8 Å². The van der Waals surface area contributed by atoms with Crippen LogP contribution in [0.4, 0.5) is 0 Å². The van der Waals surface area contributed by atoms with Gasteiger partial charge in [0.15, 0.2) is 0 Å². The lowest BCUT2D eigenvalue weighted by Gasteiger charge is -2.26. The molecular weight excluding hydrogens is 318 g/mol. The van der Waals surface area contributed by atoms with Gasteiger partial charge in [0.05, 0.1) is 6.54 Å². The maximum atomic E-state index is 12.9. The second-order valence-corrected chi connectivity index (χ2v) is 6.42. The van der Waals surface area contributed by atoms with Gasteiger partial charge in [0.1, 0.15) is 17.7 Å². The van der Waals surface area contributed by atoms with E-state index >= 15 is 0 Å². The number of nitrogens with one attached hydrogen (secondary N) is 1. The van der Waals surface area contributed by atoms with Gasteiger partial charge in [0.25, 0.3) is 0 Å². The molecule has 1 N–H and O–H groups in total. The number of aryl methyl sites for hydroxylation is 1. The third-order valence-electron chi connectivity index (χ3n) is 4.68. The predicted octanol–water partition coefficient (Wildman–Crippen LogP) is 1.25. The number of amides is 1. The number of nitrogens with zero attached hydrogens (tertiary/aromatic N) is 6. The molecule has 1 saturated heterocycles. The number of hydrogen-bond acceptors (Lipinski definition) is 5. The molecule has 2 aromatic rings. The Labute approximate surface area is 148 Å². The van der Waals surface area contributed by atoms with Crippen molar-refractivity contribution in [2.75, 3.05) is 26.2 Å². The highest BCUT2D eigenvalue weighted by Crippen LogP contribution is 2.16. The van der Waals surface area contributed by atoms with Crippen LogP contribution in [0.5, 0.6) is 0 Å². The molecule has 1 fully saturated rings. The van der Waals surface area contributed by atoms with Crippen molar-refractivity contribution in [3.63, 3.8) is 0 Å². The van der Waals surface area contributed by atoms with E-state index in [0.717, 1.165) is 63.6 Å². The molecule has 2 aromatic heterocycles. The first-order chi connectivity index (χ1) is 12.2. The quantitative estimate of drug-likeness (QED) is 0.852. The lowest BCUT2D eigenvalue weighted by Crippen LogP contribution is -2.39. The molecule has 0 bridgehead atoms. The molecule has 0 aromatic carbocycles. The van der Waals surface area contributed by atoms with E-state index < -0.39 is 0 Å². The van der Waals surface area contributed by atoms with Gasteiger partial charge in [-0.2, -0.15) is 10.2 Å². The summed E-state index contributed by atoms with van der Waals surface area (Å²) >= 11 is 0. The molecule has 136 valence electrons. The lowest BCUT2D eigenvalue weighted by atomic mass is 10.2. The summed E-state index contributed by atoms with van der Waals surface area (Å²) in [4.78, 5) is 21.7. The fraction of sp³-hybridized carbons (Fsp3) is 0.647. The van der Waals surface area contributed by atoms with Crippen molar-refractivity contribution in [1.82, 2.24) is 34.8 Å². The monoisotopic (exact) mass is 345 g/mol. The zero-order chi connectivity index (χ0) is 17.6. The van der Waals surface area contributed by atoms with Crippen molar-refractivity contribution in [2.24, 2.45) is 0 Å². The highest BCUT2D eigenvalue weighted by atomic mass is 16.2. The fourth-order valence-corrected chi connectivity index (χ4v) is 3.28. The number of hydrogen-bond donors (Lipinski definition) is 1. The average molecular weight is 345 g/mol. The highest BCUT2D eigenvalue weighted by molar-refractivity contribution is 5.80. The topological polar surface area (TPSA) is 82.9 Å². The Morgan fingerprint density at radius 1 is 1.28 bits per heavy atom. The molecule has 25 heavy (non-hydrogen) atoms. The molecule has 0 aliphatic carbocycles. The minimum absolute atomic E-state index is 0.168. The van der Waals surface area contributed by atoms with E-state index in [1.807, 2.05) is 31.0 Å². The Hall–Kier alpha value is -2.22. The van der Waals surface area contributed by atoms with Gasteiger partial charge in [0, 0.05) is 45.0 Å². The summed E-state index contributed by atoms with van der Waals surface area (Å²) in [6, 6.07) is 1.66. The summed E-state index contributed by atoms with van der Waals surface area (Å²) in [5.41, 5.74) is 0. The standard InChI is InChI=1S/C17H27N7O/c1-3-14(24-10-5-7-18-24)17(25)23-9-6-8-22(11-12-23)13-16-19-15(4-2)20-21-16/h5,7,10,14H,3-4,6,8-9,11-13H2,1-2H3,(H,19,20,21). The van der Waals surface area contributed by atoms with Crippen LogP contribution in [0.3, 0.4) is 0 Å². The molecule has 8 nitrogen and oxygen atoms in total. The smallest absolute Gasteiger partial charge is 0.247 e. The minimum Gasteiger partial charge on any atom is -0.340 e. The Morgan fingerprint density at radius 3 is 2.84 bits per heavy atom. The molecule has 8 heteroatoms. The summed E-state index contributed by atoms with van der Waals surface area (Å²) < 4.78 is 1.77. The third-order valence-corrected chi connectivity index (χ3v) is 4.68. The first-order valence-electron chi connectivity index (χ1n) is 9.11. The molecule has 1 unspecified atom stereocenters. The Bertz CT molecular complexity index is 666. The maximum absolute atomic E-state index is 12.9. The van der Waals surface area contributed by atoms with Gasteiger partial charge in [-0.05, 0) is 18.9 Å². The lowest BCUT2D eigenvalue weighted by molar-refractivity contribution is -0.135. The Balaban J connectivity index is 1.58. The number of aromatic nitrogens is 5. The van der Waals surface area contributed by atoms with Gasteiger partial charge >= 0.3 is 0 Å². The zero-order valence-corrected chi connectivity index (χ0v) is 15.1. The molecular formula is C17H27N7O. The molecule has 0 radical (unpaired) electrons. The number of aromatic amines is 1. The third kappa shape index (κ3) is 4.25. The summed E-state index contributed by atoms with van der Waals surface area (Å²) in [6.45, 7) is 8.18. The van der Waals surface area contributed by atoms with Crippen molar-refractivity contribution in [3.8, 4) is 0 Å². The van der Waals surface area contributed by atoms with Crippen LogP contribution >= 0.6 is 0 Å². The van der Waals surface area contributed by atoms with Crippen LogP contribution < -0.4 is 0 Å². The van der Waals surface area contributed by atoms with E-state index in [1.54, 1.807) is 10.9 Å². The molecule has 0 saturated carbocycles. The van der Waals surface area contributed by atoms with Gasteiger partial charge in [-0.1, -0.05) is 13.8 Å². The van der Waals surface area contributed by atoms with Gasteiger partial charge < -0.3 is 4.90 Å². The van der Waals surface area contributed by atoms with Gasteiger partial charge in [-0.3, -0.25) is 19.5 Å². The van der Waals surface area contributed by atoms with Gasteiger partial charge in [-0.15, -0.1) is 0 Å². The SMILES string of the molecule is CCc1n[nH]c(CN2CCCN(C(=O)C(CC)n3cccn3)CC2)n1.